The van der Waals surface area contributed by atoms with Gasteiger partial charge in [-0.1, -0.05) is 0 Å². The van der Waals surface area contributed by atoms with Crippen LogP contribution >= 0.6 is 23.5 Å². The fourth-order valence-electron chi connectivity index (χ4n) is 1.23. The van der Waals surface area contributed by atoms with Crippen LogP contribution in [0.3, 0.4) is 0 Å². The van der Waals surface area contributed by atoms with E-state index < -0.39 is 12.0 Å². The quantitative estimate of drug-likeness (QED) is 0.778. The Morgan fingerprint density at radius 2 is 2.36 bits per heavy atom. The minimum absolute atomic E-state index is 0.0447. The molecule has 1 aliphatic rings. The molecule has 0 aromatic carbocycles. The first-order chi connectivity index (χ1) is 6.66. The third-order valence-electron chi connectivity index (χ3n) is 2.01. The van der Waals surface area contributed by atoms with Crippen LogP contribution in [0.25, 0.3) is 0 Å². The number of rotatable bonds is 4. The lowest BCUT2D eigenvalue weighted by Gasteiger charge is -2.19. The Kier molecular flexibility index (Phi) is 4.60. The van der Waals surface area contributed by atoms with Crippen LogP contribution < -0.4 is 0 Å². The number of nitrogens with zero attached hydrogens (tertiary/aromatic N) is 1. The first kappa shape index (κ1) is 11.7. The van der Waals surface area contributed by atoms with Gasteiger partial charge in [0, 0.05) is 17.9 Å². The van der Waals surface area contributed by atoms with Gasteiger partial charge in [-0.15, -0.1) is 11.8 Å². The Hall–Kier alpha value is -0.360. The van der Waals surface area contributed by atoms with Gasteiger partial charge in [-0.05, 0) is 6.26 Å². The third kappa shape index (κ3) is 2.81. The average Bonchev–Trinajstić information content (AvgIpc) is 2.62. The molecule has 80 valence electrons. The second-order valence-electron chi connectivity index (χ2n) is 2.96. The maximum atomic E-state index is 11.6. The molecule has 0 radical (unpaired) electrons. The summed E-state index contributed by atoms with van der Waals surface area (Å²) in [5.74, 6) is 0.848. The van der Waals surface area contributed by atoms with Crippen molar-refractivity contribution in [3.05, 3.63) is 0 Å². The number of hydrogen-bond acceptors (Lipinski definition) is 4. The SMILES string of the molecule is CSCCC(=O)N1CSC[C@H]1C(=O)O. The lowest BCUT2D eigenvalue weighted by atomic mass is 10.3. The van der Waals surface area contributed by atoms with E-state index in [1.54, 1.807) is 11.8 Å². The second kappa shape index (κ2) is 5.50. The zero-order chi connectivity index (χ0) is 10.6. The van der Waals surface area contributed by atoms with E-state index in [4.69, 9.17) is 5.11 Å². The van der Waals surface area contributed by atoms with Crippen LogP contribution in [0.5, 0.6) is 0 Å². The lowest BCUT2D eigenvalue weighted by molar-refractivity contribution is -0.147. The van der Waals surface area contributed by atoms with Gasteiger partial charge in [0.1, 0.15) is 6.04 Å². The fraction of sp³-hybridized carbons (Fsp3) is 0.750. The van der Waals surface area contributed by atoms with E-state index in [9.17, 15) is 9.59 Å². The predicted octanol–water partition coefficient (Wildman–Crippen LogP) is 0.726. The summed E-state index contributed by atoms with van der Waals surface area (Å²) in [6.45, 7) is 0. The highest BCUT2D eigenvalue weighted by atomic mass is 32.2. The molecule has 1 atom stereocenters. The van der Waals surface area contributed by atoms with Gasteiger partial charge in [-0.3, -0.25) is 4.79 Å². The number of amides is 1. The van der Waals surface area contributed by atoms with Gasteiger partial charge in [0.25, 0.3) is 0 Å². The molecule has 1 amide bonds. The van der Waals surface area contributed by atoms with E-state index in [2.05, 4.69) is 0 Å². The van der Waals surface area contributed by atoms with Crippen molar-refractivity contribution >= 4 is 35.4 Å². The van der Waals surface area contributed by atoms with Gasteiger partial charge in [0.15, 0.2) is 0 Å². The van der Waals surface area contributed by atoms with Crippen molar-refractivity contribution < 1.29 is 14.7 Å². The average molecular weight is 235 g/mol. The Morgan fingerprint density at radius 3 is 2.93 bits per heavy atom. The van der Waals surface area contributed by atoms with Gasteiger partial charge in [-0.2, -0.15) is 11.8 Å². The highest BCUT2D eigenvalue weighted by molar-refractivity contribution is 7.99. The molecule has 1 aliphatic heterocycles. The number of carboxylic acid groups (broad SMARTS) is 1. The maximum Gasteiger partial charge on any atom is 0.327 e. The maximum absolute atomic E-state index is 11.6. The number of carbonyl (C=O) groups excluding carboxylic acids is 1. The summed E-state index contributed by atoms with van der Waals surface area (Å²) in [6, 6.07) is -0.616. The van der Waals surface area contributed by atoms with Crippen LogP contribution in [0.1, 0.15) is 6.42 Å². The van der Waals surface area contributed by atoms with Crippen molar-refractivity contribution in [2.45, 2.75) is 12.5 Å². The zero-order valence-corrected chi connectivity index (χ0v) is 9.57. The molecule has 0 unspecified atom stereocenters. The van der Waals surface area contributed by atoms with E-state index >= 15 is 0 Å². The molecule has 6 heteroatoms. The van der Waals surface area contributed by atoms with E-state index in [1.165, 1.54) is 16.7 Å². The van der Waals surface area contributed by atoms with Gasteiger partial charge in [0.2, 0.25) is 5.91 Å². The summed E-state index contributed by atoms with van der Waals surface area (Å²) in [4.78, 5) is 23.8. The number of carbonyl (C=O) groups is 2. The van der Waals surface area contributed by atoms with Crippen LogP contribution in [0.2, 0.25) is 0 Å². The summed E-state index contributed by atoms with van der Waals surface area (Å²) in [5, 5.41) is 8.85. The Labute approximate surface area is 91.4 Å². The van der Waals surface area contributed by atoms with Crippen molar-refractivity contribution in [3.8, 4) is 0 Å². The molecule has 0 aliphatic carbocycles. The summed E-state index contributed by atoms with van der Waals surface area (Å²) >= 11 is 3.09. The van der Waals surface area contributed by atoms with E-state index in [0.29, 0.717) is 18.1 Å². The van der Waals surface area contributed by atoms with Crippen LogP contribution in [0, 0.1) is 0 Å². The van der Waals surface area contributed by atoms with Crippen molar-refractivity contribution in [3.63, 3.8) is 0 Å². The van der Waals surface area contributed by atoms with Gasteiger partial charge in [-0.25, -0.2) is 4.79 Å². The normalized spacial score (nSPS) is 21.2. The van der Waals surface area contributed by atoms with Gasteiger partial charge < -0.3 is 10.0 Å². The molecule has 14 heavy (non-hydrogen) atoms. The molecule has 0 aromatic heterocycles. The van der Waals surface area contributed by atoms with Crippen LogP contribution in [-0.2, 0) is 9.59 Å². The topological polar surface area (TPSA) is 57.6 Å². The molecule has 0 aromatic rings. The lowest BCUT2D eigenvalue weighted by Crippen LogP contribution is -2.41. The molecule has 1 heterocycles. The number of aliphatic carboxylic acids is 1. The van der Waals surface area contributed by atoms with E-state index in [1.807, 2.05) is 6.26 Å². The molecule has 4 nitrogen and oxygen atoms in total. The fourth-order valence-corrected chi connectivity index (χ4v) is 2.78. The monoisotopic (exact) mass is 235 g/mol. The van der Waals surface area contributed by atoms with Crippen LogP contribution in [-0.4, -0.2) is 51.6 Å². The minimum Gasteiger partial charge on any atom is -0.480 e. The second-order valence-corrected chi connectivity index (χ2v) is 4.95. The summed E-state index contributed by atoms with van der Waals surface area (Å²) in [5.41, 5.74) is 0. The standard InChI is InChI=1S/C8H13NO3S2/c1-13-3-2-7(10)9-5-14-4-6(9)8(11)12/h6H,2-5H2,1H3,(H,11,12)/t6-/m0/s1. The van der Waals surface area contributed by atoms with E-state index in [0.717, 1.165) is 5.75 Å². The Bertz CT molecular complexity index is 235. The molecule has 1 N–H and O–H groups in total. The van der Waals surface area contributed by atoms with Gasteiger partial charge in [0.05, 0.1) is 5.88 Å². The Morgan fingerprint density at radius 1 is 1.64 bits per heavy atom. The highest BCUT2D eigenvalue weighted by Crippen LogP contribution is 2.22. The van der Waals surface area contributed by atoms with Crippen molar-refractivity contribution in [1.82, 2.24) is 4.90 Å². The number of hydrogen-bond donors (Lipinski definition) is 1. The molecule has 0 bridgehead atoms. The molecule has 0 spiro atoms. The molecule has 1 rings (SSSR count). The Balaban J connectivity index is 2.49. The van der Waals surface area contributed by atoms with Crippen molar-refractivity contribution in [1.29, 1.82) is 0 Å². The van der Waals surface area contributed by atoms with Gasteiger partial charge >= 0.3 is 5.97 Å². The number of thioether (sulfide) groups is 2. The van der Waals surface area contributed by atoms with Crippen molar-refractivity contribution in [2.75, 3.05) is 23.6 Å². The predicted molar refractivity (Wildman–Crippen MR) is 58.6 cm³/mol. The molecule has 1 saturated heterocycles. The van der Waals surface area contributed by atoms with Crippen LogP contribution in [0.15, 0.2) is 0 Å². The molecular weight excluding hydrogens is 222 g/mol. The van der Waals surface area contributed by atoms with Crippen molar-refractivity contribution in [2.24, 2.45) is 0 Å². The smallest absolute Gasteiger partial charge is 0.327 e. The summed E-state index contributed by atoms with van der Waals surface area (Å²) in [7, 11) is 0. The zero-order valence-electron chi connectivity index (χ0n) is 7.93. The van der Waals surface area contributed by atoms with E-state index in [-0.39, 0.29) is 5.91 Å². The minimum atomic E-state index is -0.896. The highest BCUT2D eigenvalue weighted by Gasteiger charge is 2.33. The first-order valence-corrected chi connectivity index (χ1v) is 6.80. The third-order valence-corrected chi connectivity index (χ3v) is 3.63. The summed E-state index contributed by atoms with van der Waals surface area (Å²) < 4.78 is 0. The molecule has 1 fully saturated rings. The molecule has 0 saturated carbocycles. The first-order valence-electron chi connectivity index (χ1n) is 4.25. The number of carboxylic acids is 1. The summed E-state index contributed by atoms with van der Waals surface area (Å²) in [6.07, 6.45) is 2.37. The molecular formula is C8H13NO3S2. The van der Waals surface area contributed by atoms with Crippen LogP contribution in [0.4, 0.5) is 0 Å². The largest absolute Gasteiger partial charge is 0.480 e.